The number of amides is 2. The molecule has 1 aliphatic heterocycles. The molecule has 0 bridgehead atoms. The number of fused-ring (bicyclic) bond motifs is 1. The molecule has 0 atom stereocenters. The third kappa shape index (κ3) is 8.57. The Morgan fingerprint density at radius 1 is 0.957 bits per heavy atom. The highest BCUT2D eigenvalue weighted by Crippen LogP contribution is 2.42. The highest BCUT2D eigenvalue weighted by atomic mass is 16.4. The van der Waals surface area contributed by atoms with Crippen LogP contribution in [-0.2, 0) is 19.9 Å². The minimum absolute atomic E-state index is 0.0710. The Morgan fingerprint density at radius 3 is 2.13 bits per heavy atom. The third-order valence-corrected chi connectivity index (χ3v) is 9.36. The van der Waals surface area contributed by atoms with E-state index in [4.69, 9.17) is 20.4 Å². The van der Waals surface area contributed by atoms with Crippen LogP contribution in [0.4, 0.5) is 4.79 Å². The lowest BCUT2D eigenvalue weighted by atomic mass is 9.72. The number of rotatable bonds is 10. The number of urea groups is 1. The number of carbonyl (C=O) groups is 4. The zero-order chi connectivity index (χ0) is 34.2. The molecule has 2 aromatic carbocycles. The molecule has 1 aromatic heterocycles. The Hall–Kier alpha value is -4.68. The summed E-state index contributed by atoms with van der Waals surface area (Å²) < 4.78 is 0. The molecular formula is C35H44N4O8. The molecule has 1 fully saturated rings. The van der Waals surface area contributed by atoms with Gasteiger partial charge in [0.25, 0.3) is 0 Å². The highest BCUT2D eigenvalue weighted by molar-refractivity contribution is 5.93. The summed E-state index contributed by atoms with van der Waals surface area (Å²) in [6.07, 6.45) is 7.44. The first-order valence-corrected chi connectivity index (χ1v) is 15.8. The molecule has 2 heterocycles. The first-order chi connectivity index (χ1) is 22.3. The maximum absolute atomic E-state index is 12.9. The molecule has 0 unspecified atom stereocenters. The second-order valence-electron chi connectivity index (χ2n) is 12.6. The van der Waals surface area contributed by atoms with Crippen LogP contribution in [0.25, 0.3) is 16.5 Å². The van der Waals surface area contributed by atoms with E-state index in [9.17, 15) is 19.2 Å². The van der Waals surface area contributed by atoms with Crippen LogP contribution in [0.1, 0.15) is 56.1 Å². The molecule has 0 spiro atoms. The number of aromatic nitrogens is 1. The number of benzene rings is 2. The highest BCUT2D eigenvalue weighted by Gasteiger charge is 2.41. The molecule has 3 aromatic rings. The summed E-state index contributed by atoms with van der Waals surface area (Å²) in [5.41, 5.74) is 2.54. The van der Waals surface area contributed by atoms with Crippen molar-refractivity contribution < 1.29 is 39.6 Å². The number of carboxylic acid groups (broad SMARTS) is 3. The molecule has 12 nitrogen and oxygen atoms in total. The largest absolute Gasteiger partial charge is 0.481 e. The van der Waals surface area contributed by atoms with Crippen molar-refractivity contribution in [1.82, 2.24) is 20.1 Å². The second kappa shape index (κ2) is 15.3. The predicted octanol–water partition coefficient (Wildman–Crippen LogP) is 4.37. The quantitative estimate of drug-likeness (QED) is 0.186. The van der Waals surface area contributed by atoms with Gasteiger partial charge in [0.1, 0.15) is 0 Å². The van der Waals surface area contributed by atoms with Crippen molar-refractivity contribution in [3.63, 3.8) is 0 Å². The van der Waals surface area contributed by atoms with Crippen LogP contribution in [0, 0.1) is 5.92 Å². The van der Waals surface area contributed by atoms with Crippen LogP contribution in [-0.4, -0.2) is 98.5 Å². The van der Waals surface area contributed by atoms with E-state index in [1.54, 1.807) is 0 Å². The van der Waals surface area contributed by atoms with Crippen LogP contribution in [0.5, 0.6) is 0 Å². The smallest absolute Gasteiger partial charge is 0.336 e. The van der Waals surface area contributed by atoms with E-state index in [1.807, 2.05) is 4.90 Å². The van der Waals surface area contributed by atoms with E-state index >= 15 is 0 Å². The molecule has 6 N–H and O–H groups in total. The number of aromatic amines is 1. The van der Waals surface area contributed by atoms with Crippen molar-refractivity contribution in [3.05, 3.63) is 78.0 Å². The standard InChI is InChI=1S/C29H36N4O.C6H8O7/c1-32(2)29(24-8-4-3-5-9-24)16-12-22(13-17-29)20-31-28(34)33-18-14-23(15-19-33)26-21-30-27-11-7-6-10-25(26)27;7-3(8)1-6(13,5(11)12)2-4(9)10/h3-11,14,21-22,30H,12-13,15-20H2,1-2H3,(H,31,34);13H,1-2H2,(H,7,8)(H,9,10)(H,11,12). The van der Waals surface area contributed by atoms with E-state index in [1.165, 1.54) is 22.1 Å². The van der Waals surface area contributed by atoms with E-state index < -0.39 is 36.4 Å². The zero-order valence-electron chi connectivity index (χ0n) is 26.8. The summed E-state index contributed by atoms with van der Waals surface area (Å²) in [6, 6.07) is 19.4. The lowest BCUT2D eigenvalue weighted by Crippen LogP contribution is -2.47. The van der Waals surface area contributed by atoms with Crippen molar-refractivity contribution in [2.45, 2.75) is 56.1 Å². The van der Waals surface area contributed by atoms with Gasteiger partial charge in [-0.2, -0.15) is 0 Å². The van der Waals surface area contributed by atoms with Gasteiger partial charge in [-0.25, -0.2) is 9.59 Å². The number of nitrogens with zero attached hydrogens (tertiary/aromatic N) is 2. The van der Waals surface area contributed by atoms with Gasteiger partial charge in [-0.15, -0.1) is 0 Å². The average molecular weight is 649 g/mol. The molecule has 252 valence electrons. The van der Waals surface area contributed by atoms with Gasteiger partial charge in [-0.1, -0.05) is 54.6 Å². The fourth-order valence-corrected chi connectivity index (χ4v) is 6.59. The van der Waals surface area contributed by atoms with Crippen molar-refractivity contribution in [1.29, 1.82) is 0 Å². The molecule has 2 aliphatic rings. The Morgan fingerprint density at radius 2 is 1.57 bits per heavy atom. The van der Waals surface area contributed by atoms with E-state index in [0.717, 1.165) is 50.7 Å². The Kier molecular flexibility index (Phi) is 11.4. The fourth-order valence-electron chi connectivity index (χ4n) is 6.59. The number of hydrogen-bond donors (Lipinski definition) is 6. The first kappa shape index (κ1) is 35.2. The summed E-state index contributed by atoms with van der Waals surface area (Å²) in [5, 5.41) is 38.3. The maximum Gasteiger partial charge on any atom is 0.336 e. The molecule has 2 amide bonds. The van der Waals surface area contributed by atoms with E-state index in [0.29, 0.717) is 12.5 Å². The molecule has 0 saturated heterocycles. The van der Waals surface area contributed by atoms with Crippen LogP contribution in [0.2, 0.25) is 0 Å². The van der Waals surface area contributed by atoms with Crippen LogP contribution >= 0.6 is 0 Å². The van der Waals surface area contributed by atoms with Crippen LogP contribution in [0.15, 0.2) is 66.9 Å². The van der Waals surface area contributed by atoms with Crippen molar-refractivity contribution in [3.8, 4) is 0 Å². The molecule has 1 saturated carbocycles. The second-order valence-corrected chi connectivity index (χ2v) is 12.6. The minimum Gasteiger partial charge on any atom is -0.481 e. The average Bonchev–Trinajstić information content (AvgIpc) is 3.48. The number of carboxylic acids is 3. The summed E-state index contributed by atoms with van der Waals surface area (Å²) in [7, 11) is 4.40. The number of carbonyl (C=O) groups excluding carboxylic acids is 1. The van der Waals surface area contributed by atoms with Gasteiger partial charge in [-0.05, 0) is 69.3 Å². The van der Waals surface area contributed by atoms with Gasteiger partial charge in [0.2, 0.25) is 0 Å². The molecular weight excluding hydrogens is 604 g/mol. The number of nitrogens with one attached hydrogen (secondary N) is 2. The molecule has 47 heavy (non-hydrogen) atoms. The van der Waals surface area contributed by atoms with Gasteiger partial charge < -0.3 is 35.6 Å². The number of H-pyrrole nitrogens is 1. The van der Waals surface area contributed by atoms with Gasteiger partial charge in [-0.3, -0.25) is 14.5 Å². The van der Waals surface area contributed by atoms with Gasteiger partial charge in [0.15, 0.2) is 5.60 Å². The molecule has 12 heteroatoms. The van der Waals surface area contributed by atoms with Crippen LogP contribution in [0.3, 0.4) is 0 Å². The van der Waals surface area contributed by atoms with Gasteiger partial charge >= 0.3 is 23.9 Å². The Labute approximate surface area is 273 Å². The minimum atomic E-state index is -2.74. The zero-order valence-corrected chi connectivity index (χ0v) is 26.8. The monoisotopic (exact) mass is 648 g/mol. The SMILES string of the molecule is CN(C)C1(c2ccccc2)CCC(CNC(=O)N2CC=C(c3c[nH]c4ccccc34)CC2)CC1.O=C(O)CC(O)(CC(=O)O)C(=O)O. The molecule has 0 radical (unpaired) electrons. The van der Waals surface area contributed by atoms with Crippen molar-refractivity contribution in [2.75, 3.05) is 33.7 Å². The third-order valence-electron chi connectivity index (χ3n) is 9.36. The summed E-state index contributed by atoms with van der Waals surface area (Å²) >= 11 is 0. The molecule has 5 rings (SSSR count). The summed E-state index contributed by atoms with van der Waals surface area (Å²) in [5.74, 6) is -4.47. The van der Waals surface area contributed by atoms with Crippen LogP contribution < -0.4 is 5.32 Å². The number of hydrogen-bond acceptors (Lipinski definition) is 6. The van der Waals surface area contributed by atoms with E-state index in [2.05, 4.69) is 96.2 Å². The number of para-hydroxylation sites is 1. The van der Waals surface area contributed by atoms with Crippen molar-refractivity contribution >= 4 is 40.4 Å². The van der Waals surface area contributed by atoms with Gasteiger partial charge in [0, 0.05) is 47.8 Å². The number of aliphatic hydroxyl groups is 1. The predicted molar refractivity (Wildman–Crippen MR) is 177 cm³/mol. The fraction of sp³-hybridized carbons (Fsp3) is 0.429. The topological polar surface area (TPSA) is 183 Å². The van der Waals surface area contributed by atoms with Crippen molar-refractivity contribution in [2.24, 2.45) is 5.92 Å². The first-order valence-electron chi connectivity index (χ1n) is 15.8. The van der Waals surface area contributed by atoms with Gasteiger partial charge in [0.05, 0.1) is 12.8 Å². The summed E-state index contributed by atoms with van der Waals surface area (Å²) in [6.45, 7) is 2.20. The lowest BCUT2D eigenvalue weighted by Gasteiger charge is -2.45. The Balaban J connectivity index is 0.000000328. The molecule has 1 aliphatic carbocycles. The number of aliphatic carboxylic acids is 3. The lowest BCUT2D eigenvalue weighted by molar-refractivity contribution is -0.170. The Bertz CT molecular complexity index is 1580. The summed E-state index contributed by atoms with van der Waals surface area (Å²) in [4.78, 5) is 51.1. The normalized spacial score (nSPS) is 19.8. The van der Waals surface area contributed by atoms with E-state index in [-0.39, 0.29) is 11.6 Å². The maximum atomic E-state index is 12.9.